The van der Waals surface area contributed by atoms with Gasteiger partial charge in [0.15, 0.2) is 0 Å². The van der Waals surface area contributed by atoms with Crippen molar-refractivity contribution >= 4 is 5.78 Å². The summed E-state index contributed by atoms with van der Waals surface area (Å²) in [7, 11) is 0. The second-order valence-corrected chi connectivity index (χ2v) is 3.65. The summed E-state index contributed by atoms with van der Waals surface area (Å²) in [5.41, 5.74) is 0. The Morgan fingerprint density at radius 1 is 0.889 bits per heavy atom. The van der Waals surface area contributed by atoms with Crippen LogP contribution in [0.4, 0.5) is 0 Å². The van der Waals surface area contributed by atoms with E-state index in [2.05, 4.69) is 18.7 Å². The molecule has 18 heavy (non-hydrogen) atoms. The summed E-state index contributed by atoms with van der Waals surface area (Å²) < 4.78 is 0. The third-order valence-corrected chi connectivity index (χ3v) is 2.15. The van der Waals surface area contributed by atoms with E-state index in [9.17, 15) is 4.79 Å². The number of nitrogens with zero attached hydrogens (tertiary/aromatic N) is 1. The summed E-state index contributed by atoms with van der Waals surface area (Å²) in [6.45, 7) is 17.3. The minimum absolute atomic E-state index is 0. The Hall–Kier alpha value is -0.370. The fraction of sp³-hybridized carbons (Fsp3) is 0.938. The lowest BCUT2D eigenvalue weighted by molar-refractivity contribution is -0.117. The minimum atomic E-state index is 0. The van der Waals surface area contributed by atoms with Crippen molar-refractivity contribution in [3.63, 3.8) is 0 Å². The van der Waals surface area contributed by atoms with E-state index >= 15 is 0 Å². The van der Waals surface area contributed by atoms with Gasteiger partial charge in [0.25, 0.3) is 0 Å². The lowest BCUT2D eigenvalue weighted by Gasteiger charge is -2.20. The normalized spacial score (nSPS) is 8.44. The van der Waals surface area contributed by atoms with E-state index in [0.29, 0.717) is 12.2 Å². The predicted molar refractivity (Wildman–Crippen MR) is 86.4 cm³/mol. The van der Waals surface area contributed by atoms with Gasteiger partial charge in [-0.15, -0.1) is 0 Å². The molecule has 0 aliphatic carbocycles. The van der Waals surface area contributed by atoms with Crippen LogP contribution in [0.5, 0.6) is 0 Å². The first-order chi connectivity index (χ1) is 8.20. The van der Waals surface area contributed by atoms with Crippen molar-refractivity contribution in [2.24, 2.45) is 0 Å². The molecule has 0 amide bonds. The number of hydrogen-bond acceptors (Lipinski definition) is 2. The van der Waals surface area contributed by atoms with Crippen molar-refractivity contribution in [3.05, 3.63) is 0 Å². The Morgan fingerprint density at radius 2 is 1.39 bits per heavy atom. The quantitative estimate of drug-likeness (QED) is 0.601. The first-order valence-corrected chi connectivity index (χ1v) is 7.42. The highest BCUT2D eigenvalue weighted by Gasteiger charge is 2.03. The molecule has 0 aromatic carbocycles. The van der Waals surface area contributed by atoms with Crippen LogP contribution in [0.25, 0.3) is 0 Å². The Bertz CT molecular complexity index is 135. The molecular formula is C16H39NO. The van der Waals surface area contributed by atoms with Gasteiger partial charge in [0.2, 0.25) is 0 Å². The van der Waals surface area contributed by atoms with Crippen molar-refractivity contribution in [1.29, 1.82) is 0 Å². The first-order valence-electron chi connectivity index (χ1n) is 7.42. The Labute approximate surface area is 117 Å². The molecule has 0 N–H and O–H groups in total. The van der Waals surface area contributed by atoms with E-state index in [0.717, 1.165) is 19.6 Å². The highest BCUT2D eigenvalue weighted by Crippen LogP contribution is 1.98. The summed E-state index contributed by atoms with van der Waals surface area (Å²) >= 11 is 0. The van der Waals surface area contributed by atoms with Crippen LogP contribution < -0.4 is 0 Å². The monoisotopic (exact) mass is 261 g/mol. The molecule has 0 bridgehead atoms. The molecule has 114 valence electrons. The maximum absolute atomic E-state index is 10.8. The molecule has 0 spiro atoms. The van der Waals surface area contributed by atoms with Crippen LogP contribution >= 0.6 is 0 Å². The van der Waals surface area contributed by atoms with Crippen LogP contribution in [0, 0.1) is 0 Å². The van der Waals surface area contributed by atoms with Crippen molar-refractivity contribution in [2.45, 2.75) is 81.6 Å². The van der Waals surface area contributed by atoms with E-state index < -0.39 is 0 Å². The molecule has 0 unspecified atom stereocenters. The standard InChI is InChI=1S/C11H23NO.2C2H6.CH4/c1-4-6-9-12(8-5-2)10-7-11(3)13;2*1-2;/h4-10H2,1-3H3;2*1-2H3;1H4. The number of carbonyl (C=O) groups excluding carboxylic acids is 1. The molecule has 0 aliphatic rings. The third-order valence-electron chi connectivity index (χ3n) is 2.15. The minimum Gasteiger partial charge on any atom is -0.303 e. The smallest absolute Gasteiger partial charge is 0.131 e. The van der Waals surface area contributed by atoms with Crippen LogP contribution in [0.15, 0.2) is 0 Å². The van der Waals surface area contributed by atoms with Gasteiger partial charge in [-0.1, -0.05) is 55.4 Å². The van der Waals surface area contributed by atoms with Crippen molar-refractivity contribution in [3.8, 4) is 0 Å². The van der Waals surface area contributed by atoms with Gasteiger partial charge in [0, 0.05) is 13.0 Å². The average molecular weight is 261 g/mol. The van der Waals surface area contributed by atoms with Crippen LogP contribution in [0.3, 0.4) is 0 Å². The number of hydrogen-bond donors (Lipinski definition) is 0. The van der Waals surface area contributed by atoms with E-state index in [4.69, 9.17) is 0 Å². The molecule has 2 heteroatoms. The van der Waals surface area contributed by atoms with Crippen molar-refractivity contribution in [2.75, 3.05) is 19.6 Å². The lowest BCUT2D eigenvalue weighted by atomic mass is 10.2. The SMILES string of the molecule is C.CC.CC.CCCCN(CCC)CCC(C)=O. The number of unbranched alkanes of at least 4 members (excludes halogenated alkanes) is 1. The van der Waals surface area contributed by atoms with Gasteiger partial charge in [0.05, 0.1) is 0 Å². The molecule has 0 aliphatic heterocycles. The molecule has 2 nitrogen and oxygen atoms in total. The van der Waals surface area contributed by atoms with E-state index in [1.54, 1.807) is 6.92 Å². The van der Waals surface area contributed by atoms with Gasteiger partial charge >= 0.3 is 0 Å². The van der Waals surface area contributed by atoms with Crippen molar-refractivity contribution < 1.29 is 4.79 Å². The first kappa shape index (κ1) is 26.2. The van der Waals surface area contributed by atoms with Gasteiger partial charge in [0.1, 0.15) is 5.78 Å². The molecular weight excluding hydrogens is 222 g/mol. The molecule has 0 fully saturated rings. The van der Waals surface area contributed by atoms with Gasteiger partial charge in [-0.05, 0) is 32.9 Å². The van der Waals surface area contributed by atoms with Crippen LogP contribution in [-0.2, 0) is 4.79 Å². The van der Waals surface area contributed by atoms with Gasteiger partial charge in [-0.3, -0.25) is 4.79 Å². The molecule has 0 heterocycles. The lowest BCUT2D eigenvalue weighted by Crippen LogP contribution is -2.27. The number of ketones is 1. The number of rotatable bonds is 8. The zero-order valence-electron chi connectivity index (χ0n) is 13.3. The fourth-order valence-electron chi connectivity index (χ4n) is 1.35. The average Bonchev–Trinajstić information content (AvgIpc) is 2.37. The highest BCUT2D eigenvalue weighted by molar-refractivity contribution is 5.75. The van der Waals surface area contributed by atoms with E-state index in [1.807, 2.05) is 27.7 Å². The maximum atomic E-state index is 10.8. The summed E-state index contributed by atoms with van der Waals surface area (Å²) in [6, 6.07) is 0. The zero-order chi connectivity index (χ0) is 14.1. The fourth-order valence-corrected chi connectivity index (χ4v) is 1.35. The molecule has 0 aromatic heterocycles. The molecule has 0 rings (SSSR count). The Morgan fingerprint density at radius 3 is 1.72 bits per heavy atom. The number of Topliss-reactive ketones (excluding diaryl/α,β-unsaturated/α-hetero) is 1. The van der Waals surface area contributed by atoms with Gasteiger partial charge in [-0.2, -0.15) is 0 Å². The Kier molecular flexibility index (Phi) is 37.1. The van der Waals surface area contributed by atoms with E-state index in [1.165, 1.54) is 19.3 Å². The highest BCUT2D eigenvalue weighted by atomic mass is 16.1. The van der Waals surface area contributed by atoms with Crippen LogP contribution in [0.1, 0.15) is 81.6 Å². The molecule has 0 atom stereocenters. The van der Waals surface area contributed by atoms with Crippen LogP contribution in [-0.4, -0.2) is 30.3 Å². The molecule has 0 saturated heterocycles. The predicted octanol–water partition coefficient (Wildman–Crippen LogP) is 5.17. The molecule has 0 saturated carbocycles. The second-order valence-electron chi connectivity index (χ2n) is 3.65. The van der Waals surface area contributed by atoms with Crippen molar-refractivity contribution in [1.82, 2.24) is 4.90 Å². The number of carbonyl (C=O) groups is 1. The zero-order valence-corrected chi connectivity index (χ0v) is 13.3. The summed E-state index contributed by atoms with van der Waals surface area (Å²) in [4.78, 5) is 13.2. The van der Waals surface area contributed by atoms with E-state index in [-0.39, 0.29) is 7.43 Å². The summed E-state index contributed by atoms with van der Waals surface area (Å²) in [5.74, 6) is 0.303. The second kappa shape index (κ2) is 25.5. The van der Waals surface area contributed by atoms with Crippen LogP contribution in [0.2, 0.25) is 0 Å². The summed E-state index contributed by atoms with van der Waals surface area (Å²) in [6.07, 6.45) is 4.38. The summed E-state index contributed by atoms with van der Waals surface area (Å²) in [5, 5.41) is 0. The van der Waals surface area contributed by atoms with Gasteiger partial charge < -0.3 is 4.90 Å². The maximum Gasteiger partial charge on any atom is 0.131 e. The molecule has 0 aromatic rings. The Balaban J connectivity index is -0.000000177. The largest absolute Gasteiger partial charge is 0.303 e. The topological polar surface area (TPSA) is 20.3 Å². The third kappa shape index (κ3) is 24.7. The van der Waals surface area contributed by atoms with Gasteiger partial charge in [-0.25, -0.2) is 0 Å². The molecule has 0 radical (unpaired) electrons.